The highest BCUT2D eigenvalue weighted by Crippen LogP contribution is 2.53. The van der Waals surface area contributed by atoms with Crippen molar-refractivity contribution in [3.8, 4) is 5.75 Å². The lowest BCUT2D eigenvalue weighted by molar-refractivity contribution is -0.107. The molecule has 2 aliphatic heterocycles. The lowest BCUT2D eigenvalue weighted by Gasteiger charge is -2.36. The third-order valence-electron chi connectivity index (χ3n) is 8.23. The molecular formula is C30H42ClN7O4. The molecule has 228 valence electrons. The first-order valence-electron chi connectivity index (χ1n) is 14.7. The molecule has 1 spiro atoms. The van der Waals surface area contributed by atoms with Crippen LogP contribution in [-0.2, 0) is 16.1 Å². The number of amides is 2. The lowest BCUT2D eigenvalue weighted by Crippen LogP contribution is -2.51. The summed E-state index contributed by atoms with van der Waals surface area (Å²) in [6.07, 6.45) is 6.02. The Labute approximate surface area is 253 Å². The van der Waals surface area contributed by atoms with Crippen LogP contribution in [-0.4, -0.2) is 97.3 Å². The van der Waals surface area contributed by atoms with E-state index < -0.39 is 5.60 Å². The molecule has 3 aliphatic rings. The standard InChI is InChI=1S/C30H42ClN7O4/c1-29(2,3)42-28(40)36-14-11-35(12-15-36)13-16-38(21-39)24-19-33-27(37-10-9-30(20-37)7-8-30)34-26(24)32-18-22-5-6-25(41-4)23(31)17-22/h5-6,17,19,21H,7-16,18,20H2,1-4H3,(H,32,33,34). The highest BCUT2D eigenvalue weighted by atomic mass is 35.5. The van der Waals surface area contributed by atoms with Crippen molar-refractivity contribution in [3.05, 3.63) is 35.0 Å². The number of carbonyl (C=O) groups excluding carboxylic acids is 2. The van der Waals surface area contributed by atoms with Crippen LogP contribution in [0.1, 0.15) is 45.6 Å². The summed E-state index contributed by atoms with van der Waals surface area (Å²) in [5, 5.41) is 3.97. The molecule has 5 rings (SSSR count). The number of piperazine rings is 1. The second-order valence-electron chi connectivity index (χ2n) is 12.5. The number of ether oxygens (including phenoxy) is 2. The van der Waals surface area contributed by atoms with Gasteiger partial charge in [-0.2, -0.15) is 4.98 Å². The number of methoxy groups -OCH3 is 1. The van der Waals surface area contributed by atoms with Crippen LogP contribution in [0.15, 0.2) is 24.4 Å². The molecule has 2 aromatic rings. The Hall–Kier alpha value is -3.31. The van der Waals surface area contributed by atoms with Gasteiger partial charge < -0.3 is 29.5 Å². The van der Waals surface area contributed by atoms with Crippen molar-refractivity contribution in [2.24, 2.45) is 5.41 Å². The van der Waals surface area contributed by atoms with Crippen LogP contribution < -0.4 is 19.9 Å². The molecule has 1 saturated carbocycles. The summed E-state index contributed by atoms with van der Waals surface area (Å²) in [6, 6.07) is 5.65. The molecule has 0 unspecified atom stereocenters. The van der Waals surface area contributed by atoms with Crippen LogP contribution in [0.4, 0.5) is 22.2 Å². The molecule has 1 aliphatic carbocycles. The number of aromatic nitrogens is 2. The van der Waals surface area contributed by atoms with Gasteiger partial charge in [0.2, 0.25) is 12.4 Å². The number of nitrogens with one attached hydrogen (secondary N) is 1. The van der Waals surface area contributed by atoms with E-state index in [2.05, 4.69) is 15.1 Å². The minimum Gasteiger partial charge on any atom is -0.495 e. The van der Waals surface area contributed by atoms with E-state index in [9.17, 15) is 9.59 Å². The van der Waals surface area contributed by atoms with E-state index in [1.54, 1.807) is 23.1 Å². The fourth-order valence-electron chi connectivity index (χ4n) is 5.51. The van der Waals surface area contributed by atoms with E-state index in [1.807, 2.05) is 39.0 Å². The molecule has 1 aromatic carbocycles. The summed E-state index contributed by atoms with van der Waals surface area (Å²) in [5.74, 6) is 1.90. The molecule has 2 amide bonds. The topological polar surface area (TPSA) is 103 Å². The smallest absolute Gasteiger partial charge is 0.410 e. The zero-order chi connectivity index (χ0) is 29.9. The Kier molecular flexibility index (Phi) is 8.98. The van der Waals surface area contributed by atoms with Crippen molar-refractivity contribution < 1.29 is 19.1 Å². The first-order valence-corrected chi connectivity index (χ1v) is 15.1. The molecule has 3 fully saturated rings. The second kappa shape index (κ2) is 12.5. The third-order valence-corrected chi connectivity index (χ3v) is 8.52. The minimum atomic E-state index is -0.518. The van der Waals surface area contributed by atoms with Gasteiger partial charge in [0.15, 0.2) is 5.82 Å². The maximum atomic E-state index is 12.4. The van der Waals surface area contributed by atoms with E-state index in [1.165, 1.54) is 19.3 Å². The molecule has 1 aromatic heterocycles. The Bertz CT molecular complexity index is 1270. The first kappa shape index (κ1) is 30.2. The Balaban J connectivity index is 1.25. The largest absolute Gasteiger partial charge is 0.495 e. The SMILES string of the molecule is COc1ccc(CNc2nc(N3CCC4(CC4)C3)ncc2N(C=O)CCN2CCN(C(=O)OC(C)(C)C)CC2)cc1Cl. The molecule has 1 N–H and O–H groups in total. The van der Waals surface area contributed by atoms with Gasteiger partial charge in [0, 0.05) is 58.9 Å². The molecule has 3 heterocycles. The van der Waals surface area contributed by atoms with Crippen LogP contribution in [0, 0.1) is 5.41 Å². The third kappa shape index (κ3) is 7.36. The average molecular weight is 600 g/mol. The predicted octanol–water partition coefficient (Wildman–Crippen LogP) is 4.26. The van der Waals surface area contributed by atoms with Crippen molar-refractivity contribution in [2.75, 3.05) is 74.6 Å². The normalized spacial score (nSPS) is 18.2. The number of nitrogens with zero attached hydrogens (tertiary/aromatic N) is 6. The summed E-state index contributed by atoms with van der Waals surface area (Å²) in [7, 11) is 1.59. The monoisotopic (exact) mass is 599 g/mol. The molecule has 11 nitrogen and oxygen atoms in total. The van der Waals surface area contributed by atoms with Crippen molar-refractivity contribution in [1.82, 2.24) is 19.8 Å². The zero-order valence-electron chi connectivity index (χ0n) is 25.1. The van der Waals surface area contributed by atoms with Gasteiger partial charge in [-0.15, -0.1) is 0 Å². The number of anilines is 3. The Morgan fingerprint density at radius 1 is 1.17 bits per heavy atom. The predicted molar refractivity (Wildman–Crippen MR) is 164 cm³/mol. The summed E-state index contributed by atoms with van der Waals surface area (Å²) in [5.41, 5.74) is 1.51. The fraction of sp³-hybridized carbons (Fsp3) is 0.600. The summed E-state index contributed by atoms with van der Waals surface area (Å²) < 4.78 is 10.8. The average Bonchev–Trinajstić information content (AvgIpc) is 3.59. The van der Waals surface area contributed by atoms with Gasteiger partial charge in [-0.3, -0.25) is 9.69 Å². The van der Waals surface area contributed by atoms with Crippen LogP contribution in [0.2, 0.25) is 5.02 Å². The van der Waals surface area contributed by atoms with Crippen molar-refractivity contribution in [3.63, 3.8) is 0 Å². The molecular weight excluding hydrogens is 558 g/mol. The zero-order valence-corrected chi connectivity index (χ0v) is 25.8. The lowest BCUT2D eigenvalue weighted by atomic mass is 10.1. The fourth-order valence-corrected chi connectivity index (χ4v) is 5.80. The summed E-state index contributed by atoms with van der Waals surface area (Å²) in [4.78, 5) is 42.3. The first-order chi connectivity index (χ1) is 20.1. The minimum absolute atomic E-state index is 0.284. The van der Waals surface area contributed by atoms with E-state index in [0.29, 0.717) is 79.5 Å². The highest BCUT2D eigenvalue weighted by Gasteiger charge is 2.48. The molecule has 0 atom stereocenters. The highest BCUT2D eigenvalue weighted by molar-refractivity contribution is 6.32. The van der Waals surface area contributed by atoms with Gasteiger partial charge in [-0.05, 0) is 63.1 Å². The molecule has 2 saturated heterocycles. The molecule has 0 bridgehead atoms. The van der Waals surface area contributed by atoms with E-state index in [0.717, 1.165) is 25.1 Å². The Morgan fingerprint density at radius 2 is 1.93 bits per heavy atom. The van der Waals surface area contributed by atoms with Crippen molar-refractivity contribution in [1.29, 1.82) is 0 Å². The number of benzene rings is 1. The van der Waals surface area contributed by atoms with Gasteiger partial charge in [-0.25, -0.2) is 9.78 Å². The van der Waals surface area contributed by atoms with Crippen LogP contribution in [0.3, 0.4) is 0 Å². The quantitative estimate of drug-likeness (QED) is 0.401. The maximum Gasteiger partial charge on any atom is 0.410 e. The summed E-state index contributed by atoms with van der Waals surface area (Å²) >= 11 is 6.36. The maximum absolute atomic E-state index is 12.4. The number of hydrogen-bond donors (Lipinski definition) is 1. The van der Waals surface area contributed by atoms with Gasteiger partial charge in [0.05, 0.1) is 18.3 Å². The van der Waals surface area contributed by atoms with Crippen molar-refractivity contribution >= 4 is 41.6 Å². The summed E-state index contributed by atoms with van der Waals surface area (Å²) in [6.45, 7) is 11.7. The number of rotatable bonds is 10. The van der Waals surface area contributed by atoms with Crippen LogP contribution >= 0.6 is 11.6 Å². The number of carbonyl (C=O) groups is 2. The van der Waals surface area contributed by atoms with Crippen LogP contribution in [0.5, 0.6) is 5.75 Å². The van der Waals surface area contributed by atoms with Gasteiger partial charge in [0.25, 0.3) is 0 Å². The van der Waals surface area contributed by atoms with Gasteiger partial charge >= 0.3 is 6.09 Å². The van der Waals surface area contributed by atoms with Crippen LogP contribution in [0.25, 0.3) is 0 Å². The van der Waals surface area contributed by atoms with E-state index in [4.69, 9.17) is 31.0 Å². The van der Waals surface area contributed by atoms with Gasteiger partial charge in [-0.1, -0.05) is 17.7 Å². The number of hydrogen-bond acceptors (Lipinski definition) is 9. The van der Waals surface area contributed by atoms with E-state index in [-0.39, 0.29) is 6.09 Å². The number of halogens is 1. The molecule has 42 heavy (non-hydrogen) atoms. The second-order valence-corrected chi connectivity index (χ2v) is 12.9. The molecule has 12 heteroatoms. The van der Waals surface area contributed by atoms with Gasteiger partial charge in [0.1, 0.15) is 17.0 Å². The molecule has 0 radical (unpaired) electrons. The Morgan fingerprint density at radius 3 is 2.55 bits per heavy atom. The van der Waals surface area contributed by atoms with Crippen molar-refractivity contribution in [2.45, 2.75) is 52.2 Å². The van der Waals surface area contributed by atoms with E-state index >= 15 is 0 Å².